The highest BCUT2D eigenvalue weighted by Crippen LogP contribution is 2.15. The van der Waals surface area contributed by atoms with E-state index < -0.39 is 0 Å². The number of carbonyl (C=O) groups is 1. The Hall–Kier alpha value is -2.00. The molecule has 0 saturated heterocycles. The zero-order valence-corrected chi connectivity index (χ0v) is 14.4. The molecule has 1 N–H and O–H groups in total. The van der Waals surface area contributed by atoms with Gasteiger partial charge in [0.1, 0.15) is 0 Å². The first kappa shape index (κ1) is 17.4. The minimum Gasteiger partial charge on any atom is -0.384 e. The van der Waals surface area contributed by atoms with Crippen LogP contribution < -0.4 is 5.32 Å². The minimum absolute atomic E-state index is 0.151. The summed E-state index contributed by atoms with van der Waals surface area (Å²) in [6.07, 6.45) is 0.456. The highest BCUT2D eigenvalue weighted by atomic mass is 35.5. The van der Waals surface area contributed by atoms with Crippen molar-refractivity contribution < 1.29 is 4.79 Å². The Morgan fingerprint density at radius 3 is 2.52 bits per heavy atom. The Labute approximate surface area is 143 Å². The molecule has 0 aromatic heterocycles. The van der Waals surface area contributed by atoms with Gasteiger partial charge in [-0.15, -0.1) is 0 Å². The second-order valence-corrected chi connectivity index (χ2v) is 6.22. The lowest BCUT2D eigenvalue weighted by atomic mass is 10.1. The minimum atomic E-state index is 0.151. The molecule has 0 unspecified atom stereocenters. The number of carbonyl (C=O) groups excluding carboxylic acids is 1. The Kier molecular flexibility index (Phi) is 6.48. The molecule has 0 bridgehead atoms. The summed E-state index contributed by atoms with van der Waals surface area (Å²) in [6, 6.07) is 17.8. The van der Waals surface area contributed by atoms with Crippen LogP contribution in [0.1, 0.15) is 25.8 Å². The van der Waals surface area contributed by atoms with Crippen LogP contribution in [0, 0.1) is 0 Å². The van der Waals surface area contributed by atoms with Gasteiger partial charge in [-0.1, -0.05) is 48.0 Å². The van der Waals surface area contributed by atoms with E-state index in [9.17, 15) is 4.79 Å². The van der Waals surface area contributed by atoms with Gasteiger partial charge in [-0.2, -0.15) is 0 Å². The molecule has 3 nitrogen and oxygen atoms in total. The summed E-state index contributed by atoms with van der Waals surface area (Å²) in [6.45, 7) is 5.34. The molecular formula is C19H23ClN2O. The van der Waals surface area contributed by atoms with Crippen molar-refractivity contribution in [2.24, 2.45) is 0 Å². The maximum Gasteiger partial charge on any atom is 0.224 e. The molecule has 0 saturated carbocycles. The Morgan fingerprint density at radius 1 is 1.13 bits per heavy atom. The molecular weight excluding hydrogens is 308 g/mol. The molecule has 23 heavy (non-hydrogen) atoms. The van der Waals surface area contributed by atoms with E-state index in [1.54, 1.807) is 0 Å². The van der Waals surface area contributed by atoms with Gasteiger partial charge in [0.2, 0.25) is 5.91 Å². The topological polar surface area (TPSA) is 32.3 Å². The monoisotopic (exact) mass is 330 g/mol. The van der Waals surface area contributed by atoms with Gasteiger partial charge in [0.25, 0.3) is 0 Å². The molecule has 0 radical (unpaired) electrons. The van der Waals surface area contributed by atoms with Gasteiger partial charge in [0.15, 0.2) is 0 Å². The fraction of sp³-hybridized carbons (Fsp3) is 0.316. The molecule has 2 aromatic carbocycles. The predicted molar refractivity (Wildman–Crippen MR) is 96.7 cm³/mol. The number of nitrogens with one attached hydrogen (secondary N) is 1. The molecule has 0 spiro atoms. The number of nitrogens with zero attached hydrogens (tertiary/aromatic N) is 1. The van der Waals surface area contributed by atoms with Gasteiger partial charge >= 0.3 is 0 Å². The lowest BCUT2D eigenvalue weighted by Gasteiger charge is -2.27. The molecule has 0 aliphatic heterocycles. The van der Waals surface area contributed by atoms with Crippen molar-refractivity contribution in [2.75, 3.05) is 11.9 Å². The zero-order valence-electron chi connectivity index (χ0n) is 13.6. The average Bonchev–Trinajstić information content (AvgIpc) is 2.53. The van der Waals surface area contributed by atoms with Gasteiger partial charge in [-0.3, -0.25) is 4.79 Å². The normalized spacial score (nSPS) is 10.6. The molecule has 2 rings (SSSR count). The number of anilines is 1. The number of benzene rings is 2. The number of hydrogen-bond donors (Lipinski definition) is 1. The maximum atomic E-state index is 12.5. The SMILES string of the molecule is CC(C)N(Cc1ccccc1)C(=O)CCNc1cccc(Cl)c1. The summed E-state index contributed by atoms with van der Waals surface area (Å²) >= 11 is 5.95. The Bertz CT molecular complexity index is 628. The first-order chi connectivity index (χ1) is 11.1. The van der Waals surface area contributed by atoms with Gasteiger partial charge in [0, 0.05) is 36.3 Å². The lowest BCUT2D eigenvalue weighted by Crippen LogP contribution is -2.37. The van der Waals surface area contributed by atoms with Crippen LogP contribution in [0.15, 0.2) is 54.6 Å². The number of halogens is 1. The van der Waals surface area contributed by atoms with Crippen LogP contribution in [-0.2, 0) is 11.3 Å². The molecule has 0 fully saturated rings. The van der Waals surface area contributed by atoms with E-state index in [1.165, 1.54) is 0 Å². The van der Waals surface area contributed by atoms with Gasteiger partial charge in [-0.25, -0.2) is 0 Å². The van der Waals surface area contributed by atoms with Crippen LogP contribution >= 0.6 is 11.6 Å². The van der Waals surface area contributed by atoms with E-state index in [0.717, 1.165) is 11.3 Å². The van der Waals surface area contributed by atoms with E-state index in [0.29, 0.717) is 24.5 Å². The quantitative estimate of drug-likeness (QED) is 0.806. The van der Waals surface area contributed by atoms with E-state index in [4.69, 9.17) is 11.6 Å². The first-order valence-electron chi connectivity index (χ1n) is 7.89. The molecule has 0 aliphatic carbocycles. The van der Waals surface area contributed by atoms with E-state index >= 15 is 0 Å². The molecule has 1 amide bonds. The van der Waals surface area contributed by atoms with Crippen LogP contribution in [0.25, 0.3) is 0 Å². The summed E-state index contributed by atoms with van der Waals surface area (Å²) in [5, 5.41) is 3.93. The number of hydrogen-bond acceptors (Lipinski definition) is 2. The largest absolute Gasteiger partial charge is 0.384 e. The molecule has 4 heteroatoms. The smallest absolute Gasteiger partial charge is 0.224 e. The number of rotatable bonds is 7. The van der Waals surface area contributed by atoms with Crippen molar-refractivity contribution in [1.29, 1.82) is 0 Å². The van der Waals surface area contributed by atoms with Crippen molar-refractivity contribution in [3.63, 3.8) is 0 Å². The van der Waals surface area contributed by atoms with Crippen molar-refractivity contribution in [3.8, 4) is 0 Å². The van der Waals surface area contributed by atoms with Crippen molar-refractivity contribution in [2.45, 2.75) is 32.9 Å². The molecule has 0 aliphatic rings. The third-order valence-electron chi connectivity index (χ3n) is 3.63. The Morgan fingerprint density at radius 2 is 1.87 bits per heavy atom. The standard InChI is InChI=1S/C19H23ClN2O/c1-15(2)22(14-16-7-4-3-5-8-16)19(23)11-12-21-18-10-6-9-17(20)13-18/h3-10,13,15,21H,11-12,14H2,1-2H3. The highest BCUT2D eigenvalue weighted by Gasteiger charge is 2.16. The van der Waals surface area contributed by atoms with Crippen molar-refractivity contribution >= 4 is 23.2 Å². The fourth-order valence-corrected chi connectivity index (χ4v) is 2.58. The summed E-state index contributed by atoms with van der Waals surface area (Å²) in [5.41, 5.74) is 2.09. The average molecular weight is 331 g/mol. The number of amides is 1. The van der Waals surface area contributed by atoms with E-state index in [1.807, 2.05) is 73.3 Å². The third kappa shape index (κ3) is 5.61. The van der Waals surface area contributed by atoms with E-state index in [2.05, 4.69) is 5.32 Å². The predicted octanol–water partition coefficient (Wildman–Crippen LogP) is 4.58. The highest BCUT2D eigenvalue weighted by molar-refractivity contribution is 6.30. The van der Waals surface area contributed by atoms with Crippen molar-refractivity contribution in [1.82, 2.24) is 4.90 Å². The maximum absolute atomic E-state index is 12.5. The second kappa shape index (κ2) is 8.59. The molecule has 0 atom stereocenters. The van der Waals surface area contributed by atoms with Crippen LogP contribution in [0.3, 0.4) is 0 Å². The summed E-state index contributed by atoms with van der Waals surface area (Å²) < 4.78 is 0. The van der Waals surface area contributed by atoms with Gasteiger partial charge < -0.3 is 10.2 Å². The van der Waals surface area contributed by atoms with Crippen LogP contribution in [0.2, 0.25) is 5.02 Å². The van der Waals surface area contributed by atoms with Crippen molar-refractivity contribution in [3.05, 3.63) is 65.2 Å². The Balaban J connectivity index is 1.88. The molecule has 0 heterocycles. The van der Waals surface area contributed by atoms with Gasteiger partial charge in [-0.05, 0) is 37.6 Å². The van der Waals surface area contributed by atoms with E-state index in [-0.39, 0.29) is 11.9 Å². The molecule has 122 valence electrons. The van der Waals surface area contributed by atoms with Crippen LogP contribution in [-0.4, -0.2) is 23.4 Å². The summed E-state index contributed by atoms with van der Waals surface area (Å²) in [5.74, 6) is 0.151. The fourth-order valence-electron chi connectivity index (χ4n) is 2.39. The summed E-state index contributed by atoms with van der Waals surface area (Å²) in [7, 11) is 0. The lowest BCUT2D eigenvalue weighted by molar-refractivity contribution is -0.133. The second-order valence-electron chi connectivity index (χ2n) is 5.79. The molecule has 2 aromatic rings. The zero-order chi connectivity index (χ0) is 16.7. The van der Waals surface area contributed by atoms with Crippen LogP contribution in [0.5, 0.6) is 0 Å². The summed E-state index contributed by atoms with van der Waals surface area (Å²) in [4.78, 5) is 14.4. The van der Waals surface area contributed by atoms with Crippen LogP contribution in [0.4, 0.5) is 5.69 Å². The van der Waals surface area contributed by atoms with Gasteiger partial charge in [0.05, 0.1) is 0 Å². The third-order valence-corrected chi connectivity index (χ3v) is 3.87. The first-order valence-corrected chi connectivity index (χ1v) is 8.27.